The third-order valence-electron chi connectivity index (χ3n) is 6.65. The second kappa shape index (κ2) is 11.7. The summed E-state index contributed by atoms with van der Waals surface area (Å²) in [6, 6.07) is 27.1. The van der Waals surface area contributed by atoms with Crippen molar-refractivity contribution in [3.05, 3.63) is 114 Å². The van der Waals surface area contributed by atoms with Crippen molar-refractivity contribution in [3.8, 4) is 11.1 Å². The van der Waals surface area contributed by atoms with E-state index in [9.17, 15) is 18.3 Å². The SMILES string of the molecule is CCCCc1nc2ccc(NS(=O)(=O)Cc3ccccc3)nc2n1Cc1ccc(-c2ccccc2C(=O)O)cc1. The number of benzene rings is 3. The van der Waals surface area contributed by atoms with Gasteiger partial charge >= 0.3 is 5.97 Å². The zero-order valence-electron chi connectivity index (χ0n) is 22.1. The van der Waals surface area contributed by atoms with Gasteiger partial charge in [0.05, 0.1) is 17.9 Å². The molecule has 0 spiro atoms. The summed E-state index contributed by atoms with van der Waals surface area (Å²) in [6.45, 7) is 2.61. The molecule has 0 radical (unpaired) electrons. The Bertz CT molecular complexity index is 1750. The van der Waals surface area contributed by atoms with Gasteiger partial charge < -0.3 is 9.67 Å². The molecule has 2 heterocycles. The van der Waals surface area contributed by atoms with Crippen LogP contribution in [0.2, 0.25) is 0 Å². The van der Waals surface area contributed by atoms with Gasteiger partial charge in [-0.2, -0.15) is 0 Å². The number of aromatic carboxylic acids is 1. The van der Waals surface area contributed by atoms with Gasteiger partial charge in [0.2, 0.25) is 10.0 Å². The predicted molar refractivity (Wildman–Crippen MR) is 157 cm³/mol. The number of sulfonamides is 1. The molecule has 0 aliphatic heterocycles. The molecule has 9 heteroatoms. The summed E-state index contributed by atoms with van der Waals surface area (Å²) in [4.78, 5) is 21.1. The number of nitrogens with one attached hydrogen (secondary N) is 1. The maximum atomic E-state index is 12.8. The monoisotopic (exact) mass is 554 g/mol. The Balaban J connectivity index is 1.44. The minimum absolute atomic E-state index is 0.147. The number of hydrogen-bond acceptors (Lipinski definition) is 5. The Hall–Kier alpha value is -4.50. The zero-order valence-corrected chi connectivity index (χ0v) is 22.9. The topological polar surface area (TPSA) is 114 Å². The number of carboxylic acids is 1. The summed E-state index contributed by atoms with van der Waals surface area (Å²) in [7, 11) is -3.66. The Morgan fingerprint density at radius 1 is 0.875 bits per heavy atom. The van der Waals surface area contributed by atoms with Gasteiger partial charge in [0.1, 0.15) is 17.2 Å². The molecule has 0 atom stereocenters. The predicted octanol–water partition coefficient (Wildman–Crippen LogP) is 6.13. The van der Waals surface area contributed by atoms with Crippen LogP contribution in [0.25, 0.3) is 22.3 Å². The van der Waals surface area contributed by atoms with Gasteiger partial charge in [0, 0.05) is 6.42 Å². The Morgan fingerprint density at radius 3 is 2.33 bits per heavy atom. The van der Waals surface area contributed by atoms with Crippen LogP contribution in [0.4, 0.5) is 5.82 Å². The number of aryl methyl sites for hydroxylation is 1. The van der Waals surface area contributed by atoms with E-state index in [4.69, 9.17) is 4.98 Å². The molecule has 5 aromatic rings. The van der Waals surface area contributed by atoms with Crippen LogP contribution in [-0.4, -0.2) is 34.0 Å². The fourth-order valence-corrected chi connectivity index (χ4v) is 5.82. The van der Waals surface area contributed by atoms with Gasteiger partial charge in [-0.05, 0) is 46.9 Å². The molecular weight excluding hydrogens is 524 g/mol. The first-order valence-electron chi connectivity index (χ1n) is 13.1. The fourth-order valence-electron chi connectivity index (χ4n) is 4.68. The van der Waals surface area contributed by atoms with Crippen LogP contribution in [0.5, 0.6) is 0 Å². The third kappa shape index (κ3) is 6.21. The summed E-state index contributed by atoms with van der Waals surface area (Å²) in [5.74, 6) is 0.0129. The van der Waals surface area contributed by atoms with Crippen molar-refractivity contribution in [2.75, 3.05) is 4.72 Å². The van der Waals surface area contributed by atoms with E-state index in [1.807, 2.05) is 53.1 Å². The average Bonchev–Trinajstić information content (AvgIpc) is 3.28. The molecule has 8 nitrogen and oxygen atoms in total. The highest BCUT2D eigenvalue weighted by molar-refractivity contribution is 7.91. The van der Waals surface area contributed by atoms with Gasteiger partial charge in [-0.25, -0.2) is 23.2 Å². The first kappa shape index (κ1) is 27.1. The van der Waals surface area contributed by atoms with Crippen LogP contribution in [0.1, 0.15) is 47.1 Å². The van der Waals surface area contributed by atoms with E-state index in [0.717, 1.165) is 36.2 Å². The van der Waals surface area contributed by atoms with E-state index in [0.29, 0.717) is 28.8 Å². The lowest BCUT2D eigenvalue weighted by atomic mass is 9.99. The number of pyridine rings is 1. The van der Waals surface area contributed by atoms with E-state index in [-0.39, 0.29) is 17.1 Å². The molecule has 204 valence electrons. The molecule has 2 N–H and O–H groups in total. The Morgan fingerprint density at radius 2 is 1.60 bits per heavy atom. The molecule has 3 aromatic carbocycles. The lowest BCUT2D eigenvalue weighted by Gasteiger charge is -2.12. The molecule has 0 saturated heterocycles. The van der Waals surface area contributed by atoms with E-state index in [1.165, 1.54) is 0 Å². The molecule has 0 aliphatic rings. The first-order valence-corrected chi connectivity index (χ1v) is 14.8. The van der Waals surface area contributed by atoms with Crippen LogP contribution >= 0.6 is 0 Å². The number of aromatic nitrogens is 3. The second-order valence-electron chi connectivity index (χ2n) is 9.65. The van der Waals surface area contributed by atoms with Crippen LogP contribution in [0.15, 0.2) is 91.0 Å². The number of unbranched alkanes of at least 4 members (excludes halogenated alkanes) is 1. The van der Waals surface area contributed by atoms with Crippen LogP contribution in [0, 0.1) is 0 Å². The minimum Gasteiger partial charge on any atom is -0.478 e. The zero-order chi connectivity index (χ0) is 28.1. The van der Waals surface area contributed by atoms with Gasteiger partial charge in [0.25, 0.3) is 0 Å². The number of fused-ring (bicyclic) bond motifs is 1. The van der Waals surface area contributed by atoms with Crippen molar-refractivity contribution in [2.24, 2.45) is 0 Å². The largest absolute Gasteiger partial charge is 0.478 e. The molecule has 2 aromatic heterocycles. The van der Waals surface area contributed by atoms with Gasteiger partial charge in [0.15, 0.2) is 5.65 Å². The van der Waals surface area contributed by atoms with Gasteiger partial charge in [-0.15, -0.1) is 0 Å². The molecular formula is C31H30N4O4S. The number of carboxylic acid groups (broad SMARTS) is 1. The third-order valence-corrected chi connectivity index (χ3v) is 7.88. The molecule has 40 heavy (non-hydrogen) atoms. The average molecular weight is 555 g/mol. The first-order chi connectivity index (χ1) is 19.3. The van der Waals surface area contributed by atoms with Gasteiger partial charge in [-0.1, -0.05) is 86.1 Å². The number of carbonyl (C=O) groups is 1. The maximum absolute atomic E-state index is 12.8. The van der Waals surface area contributed by atoms with Crippen LogP contribution in [0.3, 0.4) is 0 Å². The van der Waals surface area contributed by atoms with Crippen LogP contribution < -0.4 is 4.72 Å². The van der Waals surface area contributed by atoms with Crippen molar-refractivity contribution in [1.29, 1.82) is 0 Å². The quantitative estimate of drug-likeness (QED) is 0.203. The summed E-state index contributed by atoms with van der Waals surface area (Å²) < 4.78 is 30.3. The van der Waals surface area contributed by atoms with E-state index in [1.54, 1.807) is 42.5 Å². The molecule has 0 saturated carbocycles. The minimum atomic E-state index is -3.66. The molecule has 0 unspecified atom stereocenters. The lowest BCUT2D eigenvalue weighted by molar-refractivity contribution is 0.0697. The van der Waals surface area contributed by atoms with E-state index >= 15 is 0 Å². The van der Waals surface area contributed by atoms with Crippen molar-refractivity contribution >= 4 is 33.0 Å². The standard InChI is InChI=1S/C31H30N4O4S/c1-2-3-13-29-32-27-18-19-28(34-40(38,39)21-23-9-5-4-6-10-23)33-30(27)35(29)20-22-14-16-24(17-15-22)25-11-7-8-12-26(25)31(36)37/h4-12,14-19H,2-3,13,20-21H2,1H3,(H,33,34)(H,36,37). The number of rotatable bonds is 11. The molecule has 0 bridgehead atoms. The smallest absolute Gasteiger partial charge is 0.336 e. The van der Waals surface area contributed by atoms with Crippen LogP contribution in [-0.2, 0) is 28.7 Å². The highest BCUT2D eigenvalue weighted by Gasteiger charge is 2.17. The molecule has 5 rings (SSSR count). The Labute approximate surface area is 233 Å². The summed E-state index contributed by atoms with van der Waals surface area (Å²) >= 11 is 0. The van der Waals surface area contributed by atoms with E-state index in [2.05, 4.69) is 16.6 Å². The Kier molecular flexibility index (Phi) is 7.93. The second-order valence-corrected chi connectivity index (χ2v) is 11.4. The highest BCUT2D eigenvalue weighted by Crippen LogP contribution is 2.26. The number of nitrogens with zero attached hydrogens (tertiary/aromatic N) is 3. The number of imidazole rings is 1. The summed E-state index contributed by atoms with van der Waals surface area (Å²) in [5.41, 5.74) is 4.71. The highest BCUT2D eigenvalue weighted by atomic mass is 32.2. The fraction of sp³-hybridized carbons (Fsp3) is 0.194. The maximum Gasteiger partial charge on any atom is 0.336 e. The van der Waals surface area contributed by atoms with Crippen molar-refractivity contribution < 1.29 is 18.3 Å². The normalized spacial score (nSPS) is 11.5. The number of hydrogen-bond donors (Lipinski definition) is 2. The number of anilines is 1. The summed E-state index contributed by atoms with van der Waals surface area (Å²) in [5, 5.41) is 9.56. The molecule has 0 fully saturated rings. The van der Waals surface area contributed by atoms with Gasteiger partial charge in [-0.3, -0.25) is 4.72 Å². The lowest BCUT2D eigenvalue weighted by Crippen LogP contribution is -2.16. The van der Waals surface area contributed by atoms with Crippen molar-refractivity contribution in [2.45, 2.75) is 38.5 Å². The molecule has 0 amide bonds. The van der Waals surface area contributed by atoms with E-state index < -0.39 is 16.0 Å². The molecule has 0 aliphatic carbocycles. The summed E-state index contributed by atoms with van der Waals surface area (Å²) in [6.07, 6.45) is 2.75. The van der Waals surface area contributed by atoms with Crippen molar-refractivity contribution in [1.82, 2.24) is 14.5 Å². The van der Waals surface area contributed by atoms with Crippen molar-refractivity contribution in [3.63, 3.8) is 0 Å².